The molecule has 0 aliphatic rings. The van der Waals surface area contributed by atoms with E-state index in [4.69, 9.17) is 4.74 Å². The van der Waals surface area contributed by atoms with Crippen molar-refractivity contribution >= 4 is 32.7 Å². The van der Waals surface area contributed by atoms with Crippen LogP contribution >= 0.6 is 11.3 Å². The van der Waals surface area contributed by atoms with Crippen molar-refractivity contribution in [3.05, 3.63) is 60.2 Å². The van der Waals surface area contributed by atoms with E-state index in [0.29, 0.717) is 11.7 Å². The molecule has 118 valence electrons. The number of benzene rings is 2. The fourth-order valence-corrected chi connectivity index (χ4v) is 3.12. The molecule has 6 heteroatoms. The molecule has 1 atom stereocenters. The number of fused-ring (bicyclic) bond motifs is 1. The van der Waals surface area contributed by atoms with Crippen molar-refractivity contribution in [2.45, 2.75) is 6.10 Å². The SMILES string of the molecule is COC(CNC(=O)Nc1nc2ccccc2s1)c1ccccc1. The number of amides is 2. The molecular weight excluding hydrogens is 310 g/mol. The Kier molecular flexibility index (Phi) is 4.85. The van der Waals surface area contributed by atoms with Crippen molar-refractivity contribution in [3.63, 3.8) is 0 Å². The van der Waals surface area contributed by atoms with E-state index in [9.17, 15) is 4.79 Å². The lowest BCUT2D eigenvalue weighted by atomic mass is 10.1. The zero-order valence-corrected chi connectivity index (χ0v) is 13.5. The van der Waals surface area contributed by atoms with Gasteiger partial charge in [-0.3, -0.25) is 5.32 Å². The summed E-state index contributed by atoms with van der Waals surface area (Å²) in [6.45, 7) is 0.386. The molecule has 0 aliphatic heterocycles. The van der Waals surface area contributed by atoms with Crippen molar-refractivity contribution in [3.8, 4) is 0 Å². The summed E-state index contributed by atoms with van der Waals surface area (Å²) in [6.07, 6.45) is -0.183. The minimum atomic E-state index is -0.290. The first-order chi connectivity index (χ1) is 11.3. The molecule has 0 saturated carbocycles. The number of rotatable bonds is 5. The Morgan fingerprint density at radius 1 is 1.17 bits per heavy atom. The van der Waals surface area contributed by atoms with Crippen LogP contribution in [0.3, 0.4) is 0 Å². The van der Waals surface area contributed by atoms with Crippen molar-refractivity contribution < 1.29 is 9.53 Å². The molecule has 23 heavy (non-hydrogen) atoms. The van der Waals surface area contributed by atoms with Gasteiger partial charge in [0, 0.05) is 13.7 Å². The van der Waals surface area contributed by atoms with Gasteiger partial charge in [0.1, 0.15) is 0 Å². The van der Waals surface area contributed by atoms with Crippen LogP contribution in [0.1, 0.15) is 11.7 Å². The Morgan fingerprint density at radius 3 is 2.65 bits per heavy atom. The van der Waals surface area contributed by atoms with E-state index < -0.39 is 0 Å². The molecule has 2 aromatic carbocycles. The summed E-state index contributed by atoms with van der Waals surface area (Å²) in [5.74, 6) is 0. The van der Waals surface area contributed by atoms with Crippen LogP contribution < -0.4 is 10.6 Å². The fourth-order valence-electron chi connectivity index (χ4n) is 2.26. The van der Waals surface area contributed by atoms with Gasteiger partial charge in [0.15, 0.2) is 5.13 Å². The van der Waals surface area contributed by atoms with Gasteiger partial charge in [-0.15, -0.1) is 0 Å². The lowest BCUT2D eigenvalue weighted by Crippen LogP contribution is -2.32. The topological polar surface area (TPSA) is 63.2 Å². The Balaban J connectivity index is 1.58. The zero-order chi connectivity index (χ0) is 16.1. The molecule has 1 aromatic heterocycles. The molecular formula is C17H17N3O2S. The maximum absolute atomic E-state index is 12.0. The van der Waals surface area contributed by atoms with Crippen LogP contribution in [-0.4, -0.2) is 24.7 Å². The van der Waals surface area contributed by atoms with Crippen LogP contribution in [0.25, 0.3) is 10.2 Å². The highest BCUT2D eigenvalue weighted by Gasteiger charge is 2.12. The van der Waals surface area contributed by atoms with Gasteiger partial charge in [-0.1, -0.05) is 53.8 Å². The minimum absolute atomic E-state index is 0.183. The molecule has 1 unspecified atom stereocenters. The highest BCUT2D eigenvalue weighted by molar-refractivity contribution is 7.22. The number of urea groups is 1. The predicted octanol–water partition coefficient (Wildman–Crippen LogP) is 3.81. The van der Waals surface area contributed by atoms with Crippen LogP contribution in [0, 0.1) is 0 Å². The quantitative estimate of drug-likeness (QED) is 0.749. The monoisotopic (exact) mass is 327 g/mol. The zero-order valence-electron chi connectivity index (χ0n) is 12.7. The lowest BCUT2D eigenvalue weighted by molar-refractivity contribution is 0.104. The summed E-state index contributed by atoms with van der Waals surface area (Å²) in [4.78, 5) is 16.4. The number of para-hydroxylation sites is 1. The summed E-state index contributed by atoms with van der Waals surface area (Å²) >= 11 is 1.45. The second kappa shape index (κ2) is 7.21. The third-order valence-corrected chi connectivity index (χ3v) is 4.37. The van der Waals surface area contributed by atoms with Crippen molar-refractivity contribution in [2.75, 3.05) is 19.0 Å². The summed E-state index contributed by atoms with van der Waals surface area (Å²) in [5.41, 5.74) is 1.90. The van der Waals surface area contributed by atoms with Crippen LogP contribution in [0.5, 0.6) is 0 Å². The average Bonchev–Trinajstić information content (AvgIpc) is 2.98. The van der Waals surface area contributed by atoms with Crippen LogP contribution in [-0.2, 0) is 4.74 Å². The predicted molar refractivity (Wildman–Crippen MR) is 92.8 cm³/mol. The van der Waals surface area contributed by atoms with Crippen molar-refractivity contribution in [1.29, 1.82) is 0 Å². The molecule has 0 fully saturated rings. The maximum Gasteiger partial charge on any atom is 0.321 e. The number of aromatic nitrogens is 1. The van der Waals surface area contributed by atoms with E-state index in [1.54, 1.807) is 7.11 Å². The van der Waals surface area contributed by atoms with Gasteiger partial charge in [-0.25, -0.2) is 9.78 Å². The molecule has 2 amide bonds. The normalized spacial score (nSPS) is 12.0. The van der Waals surface area contributed by atoms with E-state index in [1.807, 2.05) is 54.6 Å². The third kappa shape index (κ3) is 3.85. The molecule has 2 N–H and O–H groups in total. The molecule has 0 bridgehead atoms. The van der Waals surface area contributed by atoms with Gasteiger partial charge in [-0.05, 0) is 17.7 Å². The number of ether oxygens (including phenoxy) is 1. The molecule has 3 aromatic rings. The number of methoxy groups -OCH3 is 1. The van der Waals surface area contributed by atoms with E-state index in [-0.39, 0.29) is 12.1 Å². The maximum atomic E-state index is 12.0. The molecule has 1 heterocycles. The number of carbonyl (C=O) groups is 1. The Bertz CT molecular complexity index is 756. The smallest absolute Gasteiger partial charge is 0.321 e. The van der Waals surface area contributed by atoms with E-state index in [2.05, 4.69) is 15.6 Å². The second-order valence-corrected chi connectivity index (χ2v) is 5.99. The highest BCUT2D eigenvalue weighted by atomic mass is 32.1. The molecule has 0 aliphatic carbocycles. The number of anilines is 1. The molecule has 5 nitrogen and oxygen atoms in total. The van der Waals surface area contributed by atoms with Gasteiger partial charge in [0.25, 0.3) is 0 Å². The number of nitrogens with one attached hydrogen (secondary N) is 2. The first-order valence-corrected chi connectivity index (χ1v) is 8.06. The Morgan fingerprint density at radius 2 is 1.91 bits per heavy atom. The van der Waals surface area contributed by atoms with E-state index in [1.165, 1.54) is 11.3 Å². The van der Waals surface area contributed by atoms with Crippen molar-refractivity contribution in [1.82, 2.24) is 10.3 Å². The highest BCUT2D eigenvalue weighted by Crippen LogP contribution is 2.25. The number of thiazole rings is 1. The third-order valence-electron chi connectivity index (χ3n) is 3.42. The van der Waals surface area contributed by atoms with Crippen molar-refractivity contribution in [2.24, 2.45) is 0 Å². The molecule has 0 spiro atoms. The van der Waals surface area contributed by atoms with Crippen LogP contribution in [0.4, 0.5) is 9.93 Å². The summed E-state index contributed by atoms with van der Waals surface area (Å²) in [5, 5.41) is 6.16. The molecule has 0 radical (unpaired) electrons. The van der Waals surface area contributed by atoms with Gasteiger partial charge in [-0.2, -0.15) is 0 Å². The molecule has 0 saturated heterocycles. The second-order valence-electron chi connectivity index (χ2n) is 4.96. The van der Waals surface area contributed by atoms with Gasteiger partial charge in [0.05, 0.1) is 16.3 Å². The first kappa shape index (κ1) is 15.5. The minimum Gasteiger partial charge on any atom is -0.375 e. The average molecular weight is 327 g/mol. The fraction of sp³-hybridized carbons (Fsp3) is 0.176. The van der Waals surface area contributed by atoms with Gasteiger partial charge >= 0.3 is 6.03 Å². The van der Waals surface area contributed by atoms with Gasteiger partial charge < -0.3 is 10.1 Å². The lowest BCUT2D eigenvalue weighted by Gasteiger charge is -2.16. The summed E-state index contributed by atoms with van der Waals surface area (Å²) < 4.78 is 6.47. The van der Waals surface area contributed by atoms with Gasteiger partial charge in [0.2, 0.25) is 0 Å². The number of nitrogens with zero attached hydrogens (tertiary/aromatic N) is 1. The van der Waals surface area contributed by atoms with Crippen LogP contribution in [0.2, 0.25) is 0 Å². The Labute approximate surface area is 138 Å². The standard InChI is InChI=1S/C17H17N3O2S/c1-22-14(12-7-3-2-4-8-12)11-18-16(21)20-17-19-13-9-5-6-10-15(13)23-17/h2-10,14H,11H2,1H3,(H2,18,19,20,21). The number of carbonyl (C=O) groups excluding carboxylic acids is 1. The molecule has 3 rings (SSSR count). The van der Waals surface area contributed by atoms with E-state index in [0.717, 1.165) is 15.8 Å². The van der Waals surface area contributed by atoms with E-state index >= 15 is 0 Å². The number of hydrogen-bond acceptors (Lipinski definition) is 4. The number of hydrogen-bond donors (Lipinski definition) is 2. The first-order valence-electron chi connectivity index (χ1n) is 7.24. The summed E-state index contributed by atoms with van der Waals surface area (Å²) in [6, 6.07) is 17.3. The summed E-state index contributed by atoms with van der Waals surface area (Å²) in [7, 11) is 1.63. The van der Waals surface area contributed by atoms with Crippen LogP contribution in [0.15, 0.2) is 54.6 Å². The Hall–Kier alpha value is -2.44. The largest absolute Gasteiger partial charge is 0.375 e.